The normalized spacial score (nSPS) is 9.00. The first kappa shape index (κ1) is 11.7. The van der Waals surface area contributed by atoms with Crippen LogP contribution in [0.25, 0.3) is 10.8 Å². The molecule has 0 unspecified atom stereocenters. The summed E-state index contributed by atoms with van der Waals surface area (Å²) in [5, 5.41) is 16.2. The van der Waals surface area contributed by atoms with Crippen molar-refractivity contribution in [1.82, 2.24) is 0 Å². The van der Waals surface area contributed by atoms with Gasteiger partial charge in [-0.05, 0) is 16.8 Å². The van der Waals surface area contributed by atoms with Crippen LogP contribution in [0.4, 0.5) is 4.79 Å². The summed E-state index contributed by atoms with van der Waals surface area (Å²) < 4.78 is 0. The lowest BCUT2D eigenvalue weighted by Crippen LogP contribution is -1.81. The number of hydrogen-bond acceptors (Lipinski definition) is 2. The lowest BCUT2D eigenvalue weighted by atomic mass is 10.1. The number of benzene rings is 2. The zero-order valence-corrected chi connectivity index (χ0v) is 8.33. The van der Waals surface area contributed by atoms with Gasteiger partial charge < -0.3 is 10.2 Å². The smallest absolute Gasteiger partial charge is 0.450 e. The van der Waals surface area contributed by atoms with Crippen LogP contribution in [0.2, 0.25) is 0 Å². The lowest BCUT2D eigenvalue weighted by molar-refractivity contribution is 0.112. The van der Waals surface area contributed by atoms with Gasteiger partial charge >= 0.3 is 6.16 Å². The van der Waals surface area contributed by atoms with Gasteiger partial charge in [-0.3, -0.25) is 4.79 Å². The minimum atomic E-state index is -1.83. The van der Waals surface area contributed by atoms with E-state index in [1.54, 1.807) is 0 Å². The second kappa shape index (κ2) is 5.50. The maximum Gasteiger partial charge on any atom is 0.503 e. The maximum atomic E-state index is 10.5. The molecule has 0 atom stereocenters. The van der Waals surface area contributed by atoms with Gasteiger partial charge in [0.1, 0.15) is 6.29 Å². The summed E-state index contributed by atoms with van der Waals surface area (Å²) in [6.07, 6.45) is -0.966. The molecule has 2 aromatic rings. The van der Waals surface area contributed by atoms with E-state index in [0.717, 1.165) is 17.2 Å². The average molecular weight is 218 g/mol. The Labute approximate surface area is 91.8 Å². The fourth-order valence-corrected chi connectivity index (χ4v) is 1.28. The van der Waals surface area contributed by atoms with Crippen molar-refractivity contribution in [3.63, 3.8) is 0 Å². The molecule has 0 amide bonds. The van der Waals surface area contributed by atoms with Crippen molar-refractivity contribution in [3.05, 3.63) is 48.0 Å². The molecule has 0 saturated heterocycles. The van der Waals surface area contributed by atoms with Crippen molar-refractivity contribution in [2.75, 3.05) is 0 Å². The molecule has 0 aliphatic heterocycles. The Morgan fingerprint density at radius 2 is 1.56 bits per heavy atom. The van der Waals surface area contributed by atoms with Gasteiger partial charge in [-0.25, -0.2) is 4.79 Å². The zero-order valence-electron chi connectivity index (χ0n) is 8.33. The van der Waals surface area contributed by atoms with Crippen LogP contribution < -0.4 is 0 Å². The monoisotopic (exact) mass is 218 g/mol. The minimum absolute atomic E-state index is 0.730. The lowest BCUT2D eigenvalue weighted by Gasteiger charge is -1.96. The van der Waals surface area contributed by atoms with E-state index < -0.39 is 6.16 Å². The van der Waals surface area contributed by atoms with E-state index in [1.807, 2.05) is 42.5 Å². The number of fused-ring (bicyclic) bond motifs is 1. The Morgan fingerprint density at radius 1 is 1.00 bits per heavy atom. The summed E-state index contributed by atoms with van der Waals surface area (Å²) in [6.45, 7) is 0. The molecule has 0 aliphatic carbocycles. The Kier molecular flexibility index (Phi) is 4.03. The van der Waals surface area contributed by atoms with E-state index in [1.165, 1.54) is 5.39 Å². The summed E-state index contributed by atoms with van der Waals surface area (Å²) in [5.41, 5.74) is 0.730. The summed E-state index contributed by atoms with van der Waals surface area (Å²) in [6, 6.07) is 13.7. The van der Waals surface area contributed by atoms with Crippen LogP contribution in [0.1, 0.15) is 10.4 Å². The predicted octanol–water partition coefficient (Wildman–Crippen LogP) is 2.87. The van der Waals surface area contributed by atoms with Gasteiger partial charge in [0.15, 0.2) is 0 Å². The van der Waals surface area contributed by atoms with Crippen LogP contribution >= 0.6 is 0 Å². The topological polar surface area (TPSA) is 74.6 Å². The molecule has 82 valence electrons. The van der Waals surface area contributed by atoms with Gasteiger partial charge in [-0.1, -0.05) is 36.4 Å². The third kappa shape index (κ3) is 3.42. The Balaban J connectivity index is 0.000000280. The number of carbonyl (C=O) groups excluding carboxylic acids is 1. The summed E-state index contributed by atoms with van der Waals surface area (Å²) in [7, 11) is 0. The van der Waals surface area contributed by atoms with Crippen LogP contribution in [0.5, 0.6) is 0 Å². The van der Waals surface area contributed by atoms with E-state index in [0.29, 0.717) is 0 Å². The van der Waals surface area contributed by atoms with Gasteiger partial charge in [0.2, 0.25) is 0 Å². The van der Waals surface area contributed by atoms with Crippen molar-refractivity contribution < 1.29 is 19.8 Å². The summed E-state index contributed by atoms with van der Waals surface area (Å²) in [5.74, 6) is 0. The van der Waals surface area contributed by atoms with Crippen LogP contribution in [-0.4, -0.2) is 22.7 Å². The number of hydrogen-bond donors (Lipinski definition) is 2. The zero-order chi connectivity index (χ0) is 12.0. The fourth-order valence-electron chi connectivity index (χ4n) is 1.28. The largest absolute Gasteiger partial charge is 0.503 e. The molecule has 0 saturated carbocycles. The summed E-state index contributed by atoms with van der Waals surface area (Å²) in [4.78, 5) is 19.0. The Bertz CT molecular complexity index is 501. The van der Waals surface area contributed by atoms with Crippen molar-refractivity contribution in [2.45, 2.75) is 0 Å². The molecule has 4 nitrogen and oxygen atoms in total. The Hall–Kier alpha value is -2.36. The van der Waals surface area contributed by atoms with Gasteiger partial charge in [0.05, 0.1) is 0 Å². The Morgan fingerprint density at radius 3 is 2.12 bits per heavy atom. The minimum Gasteiger partial charge on any atom is -0.450 e. The van der Waals surface area contributed by atoms with E-state index in [-0.39, 0.29) is 0 Å². The van der Waals surface area contributed by atoms with Crippen LogP contribution in [0.3, 0.4) is 0 Å². The SMILES string of the molecule is O=C(O)O.O=Cc1ccc2ccccc2c1. The highest BCUT2D eigenvalue weighted by Gasteiger charge is 1.92. The van der Waals surface area contributed by atoms with E-state index >= 15 is 0 Å². The molecule has 2 rings (SSSR count). The van der Waals surface area contributed by atoms with Gasteiger partial charge in [0.25, 0.3) is 0 Å². The molecule has 2 N–H and O–H groups in total. The highest BCUT2D eigenvalue weighted by molar-refractivity contribution is 5.88. The number of aldehydes is 1. The van der Waals surface area contributed by atoms with Crippen molar-refractivity contribution in [3.8, 4) is 0 Å². The second-order valence-electron chi connectivity index (χ2n) is 3.01. The second-order valence-corrected chi connectivity index (χ2v) is 3.01. The number of rotatable bonds is 1. The molecule has 0 aromatic heterocycles. The highest BCUT2D eigenvalue weighted by Crippen LogP contribution is 2.14. The van der Waals surface area contributed by atoms with Crippen LogP contribution in [-0.2, 0) is 0 Å². The van der Waals surface area contributed by atoms with E-state index in [2.05, 4.69) is 0 Å². The first-order valence-electron chi connectivity index (χ1n) is 4.49. The van der Waals surface area contributed by atoms with Crippen LogP contribution in [0, 0.1) is 0 Å². The standard InChI is InChI=1S/C11H8O.CH2O3/c12-8-9-5-6-10-3-1-2-4-11(10)7-9;2-1(3)4/h1-8H;(H2,2,3,4). The molecule has 0 spiro atoms. The van der Waals surface area contributed by atoms with Crippen LogP contribution in [0.15, 0.2) is 42.5 Å². The molecule has 0 bridgehead atoms. The van der Waals surface area contributed by atoms with Crippen molar-refractivity contribution >= 4 is 23.2 Å². The molecule has 0 radical (unpaired) electrons. The van der Waals surface area contributed by atoms with Gasteiger partial charge in [0, 0.05) is 5.56 Å². The third-order valence-electron chi connectivity index (χ3n) is 1.91. The first-order chi connectivity index (χ1) is 7.63. The highest BCUT2D eigenvalue weighted by atomic mass is 16.6. The quantitative estimate of drug-likeness (QED) is 0.721. The number of carbonyl (C=O) groups is 2. The van der Waals surface area contributed by atoms with Gasteiger partial charge in [-0.15, -0.1) is 0 Å². The average Bonchev–Trinajstić information content (AvgIpc) is 2.27. The first-order valence-corrected chi connectivity index (χ1v) is 4.49. The van der Waals surface area contributed by atoms with E-state index in [4.69, 9.17) is 15.0 Å². The summed E-state index contributed by atoms with van der Waals surface area (Å²) >= 11 is 0. The van der Waals surface area contributed by atoms with Crippen molar-refractivity contribution in [2.24, 2.45) is 0 Å². The molecule has 16 heavy (non-hydrogen) atoms. The third-order valence-corrected chi connectivity index (χ3v) is 1.91. The molecular formula is C12H10O4. The van der Waals surface area contributed by atoms with E-state index in [9.17, 15) is 4.79 Å². The molecule has 2 aromatic carbocycles. The molecule has 0 aliphatic rings. The molecule has 0 fully saturated rings. The number of carboxylic acid groups (broad SMARTS) is 2. The van der Waals surface area contributed by atoms with Gasteiger partial charge in [-0.2, -0.15) is 0 Å². The molecule has 4 heteroatoms. The molecule has 0 heterocycles. The maximum absolute atomic E-state index is 10.5. The predicted molar refractivity (Wildman–Crippen MR) is 60.0 cm³/mol. The molecular weight excluding hydrogens is 208 g/mol. The van der Waals surface area contributed by atoms with Crippen molar-refractivity contribution in [1.29, 1.82) is 0 Å². The fraction of sp³-hybridized carbons (Fsp3) is 0.